The lowest BCUT2D eigenvalue weighted by Gasteiger charge is -2.19. The second kappa shape index (κ2) is 10.5. The van der Waals surface area contributed by atoms with Gasteiger partial charge in [0.15, 0.2) is 6.66 Å². The molecule has 1 N–H and O–H groups in total. The Morgan fingerprint density at radius 3 is 2.35 bits per heavy atom. The molecule has 0 aliphatic carbocycles. The summed E-state index contributed by atoms with van der Waals surface area (Å²) >= 11 is 5.88. The van der Waals surface area contributed by atoms with Gasteiger partial charge in [-0.25, -0.2) is 4.79 Å². The van der Waals surface area contributed by atoms with Crippen LogP contribution in [0.3, 0.4) is 0 Å². The molecule has 0 radical (unpaired) electrons. The van der Waals surface area contributed by atoms with Crippen molar-refractivity contribution in [1.29, 1.82) is 0 Å². The van der Waals surface area contributed by atoms with Crippen LogP contribution < -0.4 is 5.32 Å². The molecule has 0 aromatic heterocycles. The number of rotatable bonds is 8. The van der Waals surface area contributed by atoms with Crippen LogP contribution in [0.15, 0.2) is 24.3 Å². The maximum Gasteiger partial charge on any atom is 0.504 e. The molecule has 1 rings (SSSR count). The highest BCUT2D eigenvalue weighted by molar-refractivity contribution is 7.38. The summed E-state index contributed by atoms with van der Waals surface area (Å²) in [5, 5.41) is 3.24. The number of benzene rings is 1. The molecule has 0 saturated heterocycles. The normalized spacial score (nSPS) is 12.9. The number of hydrogen-bond acceptors (Lipinski definition) is 6. The zero-order valence-corrected chi connectivity index (χ0v) is 16.9. The van der Waals surface area contributed by atoms with Crippen LogP contribution in [-0.2, 0) is 23.4 Å². The molecule has 0 saturated carbocycles. The third-order valence-corrected chi connectivity index (χ3v) is 4.03. The van der Waals surface area contributed by atoms with E-state index in [0.29, 0.717) is 11.4 Å². The monoisotopic (exact) mass is 404 g/mol. The molecule has 0 bridgehead atoms. The lowest BCUT2D eigenvalue weighted by molar-refractivity contribution is -0.161. The summed E-state index contributed by atoms with van der Waals surface area (Å²) in [6.07, 6.45) is -0.361. The van der Waals surface area contributed by atoms with Crippen LogP contribution in [0.5, 0.6) is 0 Å². The van der Waals surface area contributed by atoms with Gasteiger partial charge in [-0.15, -0.1) is 4.52 Å². The number of hydrogen-bond donors (Lipinski definition) is 1. The van der Waals surface area contributed by atoms with Gasteiger partial charge in [0.25, 0.3) is 0 Å². The van der Waals surface area contributed by atoms with Gasteiger partial charge in [-0.05, 0) is 43.0 Å². The molecule has 0 fully saturated rings. The molecule has 0 aliphatic rings. The molecule has 2 unspecified atom stereocenters. The maximum atomic E-state index is 12.0. The number of carbonyl (C=O) groups excluding carboxylic acids is 2. The highest BCUT2D eigenvalue weighted by Gasteiger charge is 2.24. The van der Waals surface area contributed by atoms with Crippen LogP contribution in [-0.4, -0.2) is 32.1 Å². The van der Waals surface area contributed by atoms with E-state index in [0.717, 1.165) is 5.56 Å². The Hall–Kier alpha value is -1.69. The van der Waals surface area contributed by atoms with Crippen molar-refractivity contribution in [3.05, 3.63) is 34.9 Å². The molecule has 26 heavy (non-hydrogen) atoms. The van der Waals surface area contributed by atoms with Gasteiger partial charge >= 0.3 is 20.1 Å². The minimum absolute atomic E-state index is 0.193. The van der Waals surface area contributed by atoms with Crippen molar-refractivity contribution in [1.82, 2.24) is 5.32 Å². The van der Waals surface area contributed by atoms with Gasteiger partial charge in [0.05, 0.1) is 11.5 Å². The lowest BCUT2D eigenvalue weighted by Crippen LogP contribution is -2.32. The molecule has 0 spiro atoms. The minimum atomic E-state index is -1.73. The third-order valence-electron chi connectivity index (χ3n) is 3.24. The second-order valence-corrected chi connectivity index (χ2v) is 8.12. The minimum Gasteiger partial charge on any atom is -0.427 e. The largest absolute Gasteiger partial charge is 0.504 e. The SMILES string of the molecule is C[P+](=O)OCCC(NC(=O)OCOC(=O)C(C)(C)C)c1ccc(Cl)cc1. The highest BCUT2D eigenvalue weighted by atomic mass is 35.5. The van der Waals surface area contributed by atoms with Crippen molar-refractivity contribution in [2.45, 2.75) is 33.2 Å². The zero-order valence-electron chi connectivity index (χ0n) is 15.3. The van der Waals surface area contributed by atoms with E-state index in [-0.39, 0.29) is 6.61 Å². The van der Waals surface area contributed by atoms with Crippen molar-refractivity contribution < 1.29 is 28.2 Å². The Balaban J connectivity index is 2.60. The van der Waals surface area contributed by atoms with Gasteiger partial charge in [0, 0.05) is 11.4 Å². The summed E-state index contributed by atoms with van der Waals surface area (Å²) in [6, 6.07) is 6.48. The molecule has 2 atom stereocenters. The first-order valence-corrected chi connectivity index (χ1v) is 9.99. The number of amides is 1. The molecular weight excluding hydrogens is 381 g/mol. The van der Waals surface area contributed by atoms with E-state index < -0.39 is 38.3 Å². The predicted octanol–water partition coefficient (Wildman–Crippen LogP) is 4.43. The van der Waals surface area contributed by atoms with Crippen molar-refractivity contribution >= 4 is 31.7 Å². The molecule has 144 valence electrons. The summed E-state index contributed by atoms with van der Waals surface area (Å²) < 4.78 is 25.9. The Morgan fingerprint density at radius 1 is 1.19 bits per heavy atom. The van der Waals surface area contributed by atoms with E-state index in [2.05, 4.69) is 5.32 Å². The molecule has 0 aliphatic heterocycles. The first-order valence-electron chi connectivity index (χ1n) is 7.99. The number of carbonyl (C=O) groups is 2. The quantitative estimate of drug-likeness (QED) is 0.391. The fourth-order valence-electron chi connectivity index (χ4n) is 1.85. The second-order valence-electron chi connectivity index (χ2n) is 6.54. The molecule has 1 amide bonds. The van der Waals surface area contributed by atoms with Crippen LogP contribution in [0.4, 0.5) is 4.79 Å². The van der Waals surface area contributed by atoms with E-state index in [4.69, 9.17) is 25.6 Å². The standard InChI is InChI=1S/C17H23ClNO6P/c1-17(2,3)15(20)23-11-24-16(21)19-14(9-10-25-26(4)22)12-5-7-13(18)8-6-12/h5-8,14H,9-11H2,1-4H3/p+1. The van der Waals surface area contributed by atoms with Crippen LogP contribution in [0.2, 0.25) is 5.02 Å². The molecular formula is C17H24ClNO6P+. The fourth-order valence-corrected chi connectivity index (χ4v) is 2.34. The van der Waals surface area contributed by atoms with Gasteiger partial charge in [0.1, 0.15) is 6.61 Å². The number of halogens is 1. The van der Waals surface area contributed by atoms with Gasteiger partial charge in [-0.3, -0.25) is 4.79 Å². The number of nitrogens with one attached hydrogen (secondary N) is 1. The third kappa shape index (κ3) is 8.61. The molecule has 1 aromatic carbocycles. The zero-order chi connectivity index (χ0) is 19.7. The molecule has 1 aromatic rings. The fraction of sp³-hybridized carbons (Fsp3) is 0.529. The summed E-state index contributed by atoms with van der Waals surface area (Å²) in [6.45, 7) is 6.27. The van der Waals surface area contributed by atoms with E-state index in [1.165, 1.54) is 6.66 Å². The lowest BCUT2D eigenvalue weighted by atomic mass is 9.98. The van der Waals surface area contributed by atoms with Gasteiger partial charge in [-0.2, -0.15) is 0 Å². The maximum absolute atomic E-state index is 12.0. The first-order chi connectivity index (χ1) is 12.1. The van der Waals surface area contributed by atoms with Crippen molar-refractivity contribution in [2.24, 2.45) is 5.41 Å². The summed E-state index contributed by atoms with van der Waals surface area (Å²) in [4.78, 5) is 23.6. The average Bonchev–Trinajstić information content (AvgIpc) is 2.53. The van der Waals surface area contributed by atoms with Crippen LogP contribution >= 0.6 is 19.6 Å². The average molecular weight is 405 g/mol. The van der Waals surface area contributed by atoms with E-state index in [1.807, 2.05) is 0 Å². The topological polar surface area (TPSA) is 90.9 Å². The Labute approximate surface area is 159 Å². The molecule has 0 heterocycles. The van der Waals surface area contributed by atoms with E-state index in [1.54, 1.807) is 45.0 Å². The Morgan fingerprint density at radius 2 is 1.81 bits per heavy atom. The summed E-state index contributed by atoms with van der Waals surface area (Å²) in [5.41, 5.74) is 0.104. The summed E-state index contributed by atoms with van der Waals surface area (Å²) in [5.74, 6) is -0.473. The van der Waals surface area contributed by atoms with Gasteiger partial charge in [-0.1, -0.05) is 23.7 Å². The molecule has 9 heteroatoms. The first kappa shape index (κ1) is 22.4. The number of alkyl carbamates (subject to hydrolysis) is 1. The van der Waals surface area contributed by atoms with E-state index in [9.17, 15) is 14.2 Å². The Bertz CT molecular complexity index is 629. The smallest absolute Gasteiger partial charge is 0.427 e. The van der Waals surface area contributed by atoms with Gasteiger partial charge < -0.3 is 14.8 Å². The number of esters is 1. The highest BCUT2D eigenvalue weighted by Crippen LogP contribution is 2.23. The van der Waals surface area contributed by atoms with E-state index >= 15 is 0 Å². The van der Waals surface area contributed by atoms with Gasteiger partial charge in [0.2, 0.25) is 6.79 Å². The Kier molecular flexibility index (Phi) is 8.99. The van der Waals surface area contributed by atoms with Crippen LogP contribution in [0, 0.1) is 5.41 Å². The van der Waals surface area contributed by atoms with Crippen molar-refractivity contribution in [3.8, 4) is 0 Å². The van der Waals surface area contributed by atoms with Crippen LogP contribution in [0.1, 0.15) is 38.8 Å². The van der Waals surface area contributed by atoms with Crippen LogP contribution in [0.25, 0.3) is 0 Å². The molecule has 7 nitrogen and oxygen atoms in total. The number of ether oxygens (including phenoxy) is 2. The van der Waals surface area contributed by atoms with Crippen molar-refractivity contribution in [3.63, 3.8) is 0 Å². The summed E-state index contributed by atoms with van der Waals surface area (Å²) in [7, 11) is -1.73. The van der Waals surface area contributed by atoms with Crippen molar-refractivity contribution in [2.75, 3.05) is 20.1 Å². The predicted molar refractivity (Wildman–Crippen MR) is 98.3 cm³/mol.